The van der Waals surface area contributed by atoms with Gasteiger partial charge in [-0.05, 0) is 97.0 Å². The van der Waals surface area contributed by atoms with Crippen LogP contribution in [0.4, 0.5) is 0 Å². The smallest absolute Gasteiger partial charge is 0.128 e. The number of hydrogen-bond donors (Lipinski definition) is 2. The average Bonchev–Trinajstić information content (AvgIpc) is 2.84. The van der Waals surface area contributed by atoms with Gasteiger partial charge in [-0.25, -0.2) is 0 Å². The topological polar surface area (TPSA) is 64.7 Å². The Kier molecular flexibility index (Phi) is 7.44. The molecule has 3 N–H and O–H groups in total. The molecule has 0 heterocycles. The van der Waals surface area contributed by atoms with E-state index in [-0.39, 0.29) is 12.7 Å². The summed E-state index contributed by atoms with van der Waals surface area (Å²) >= 11 is 0. The van der Waals surface area contributed by atoms with Crippen molar-refractivity contribution in [3.05, 3.63) is 60.2 Å². The SMILES string of the molecule is CCOc1ccc(-c2c(OC3CCC(C(C)(C)C)CC3)ccc3cc([C@@](C)(N)CO)ccc23)cc1. The molecule has 3 aromatic rings. The van der Waals surface area contributed by atoms with Crippen LogP contribution in [-0.4, -0.2) is 24.4 Å². The van der Waals surface area contributed by atoms with Crippen molar-refractivity contribution < 1.29 is 14.6 Å². The summed E-state index contributed by atoms with van der Waals surface area (Å²) in [7, 11) is 0. The Morgan fingerprint density at radius 3 is 2.20 bits per heavy atom. The Labute approximate surface area is 210 Å². The second-order valence-corrected chi connectivity index (χ2v) is 11.4. The highest BCUT2D eigenvalue weighted by Gasteiger charge is 2.31. The molecule has 1 aliphatic carbocycles. The fraction of sp³-hybridized carbons (Fsp3) is 0.484. The molecular formula is C31H41NO3. The van der Waals surface area contributed by atoms with Gasteiger partial charge in [0.05, 0.1) is 24.9 Å². The summed E-state index contributed by atoms with van der Waals surface area (Å²) in [5.41, 5.74) is 9.01. The third-order valence-electron chi connectivity index (χ3n) is 7.62. The summed E-state index contributed by atoms with van der Waals surface area (Å²) in [6.07, 6.45) is 4.82. The van der Waals surface area contributed by atoms with Crippen LogP contribution >= 0.6 is 0 Å². The number of ether oxygens (including phenoxy) is 2. The monoisotopic (exact) mass is 475 g/mol. The van der Waals surface area contributed by atoms with Crippen molar-refractivity contribution in [3.8, 4) is 22.6 Å². The Hall–Kier alpha value is -2.56. The standard InChI is InChI=1S/C31H41NO3/c1-6-34-25-13-7-21(8-14-25)29-27-17-12-24(31(5,32)20-33)19-22(27)9-18-28(29)35-26-15-10-23(11-16-26)30(2,3)4/h7-9,12-14,17-19,23,26,33H,6,10-11,15-16,20,32H2,1-5H3/t23?,26?,31-/m0/s1. The second kappa shape index (κ2) is 10.2. The minimum atomic E-state index is -0.783. The predicted molar refractivity (Wildman–Crippen MR) is 145 cm³/mol. The summed E-state index contributed by atoms with van der Waals surface area (Å²) in [5.74, 6) is 2.54. The maximum absolute atomic E-state index is 9.76. The quantitative estimate of drug-likeness (QED) is 0.384. The number of fused-ring (bicyclic) bond motifs is 1. The molecule has 35 heavy (non-hydrogen) atoms. The Bertz CT molecular complexity index is 1140. The third kappa shape index (κ3) is 5.65. The van der Waals surface area contributed by atoms with Crippen molar-refractivity contribution in [1.29, 1.82) is 0 Å². The Morgan fingerprint density at radius 1 is 0.914 bits per heavy atom. The van der Waals surface area contributed by atoms with Crippen LogP contribution in [0.3, 0.4) is 0 Å². The van der Waals surface area contributed by atoms with Crippen LogP contribution in [-0.2, 0) is 5.54 Å². The van der Waals surface area contributed by atoms with Crippen LogP contribution in [0.15, 0.2) is 54.6 Å². The van der Waals surface area contributed by atoms with Crippen molar-refractivity contribution in [1.82, 2.24) is 0 Å². The van der Waals surface area contributed by atoms with Crippen LogP contribution in [0.1, 0.15) is 65.9 Å². The maximum Gasteiger partial charge on any atom is 0.128 e. The predicted octanol–water partition coefficient (Wildman–Crippen LogP) is 7.06. The lowest BCUT2D eigenvalue weighted by Crippen LogP contribution is -2.36. The van der Waals surface area contributed by atoms with Crippen LogP contribution < -0.4 is 15.2 Å². The Morgan fingerprint density at radius 2 is 1.60 bits per heavy atom. The highest BCUT2D eigenvalue weighted by molar-refractivity contribution is 6.00. The highest BCUT2D eigenvalue weighted by Crippen LogP contribution is 2.42. The van der Waals surface area contributed by atoms with E-state index in [4.69, 9.17) is 15.2 Å². The molecule has 3 aromatic carbocycles. The summed E-state index contributed by atoms with van der Waals surface area (Å²) in [4.78, 5) is 0. The third-order valence-corrected chi connectivity index (χ3v) is 7.62. The van der Waals surface area contributed by atoms with Gasteiger partial charge in [0.1, 0.15) is 11.5 Å². The summed E-state index contributed by atoms with van der Waals surface area (Å²) in [6.45, 7) is 11.4. The number of nitrogens with two attached hydrogens (primary N) is 1. The van der Waals surface area contributed by atoms with Gasteiger partial charge in [-0.2, -0.15) is 0 Å². The first-order valence-corrected chi connectivity index (χ1v) is 13.0. The molecule has 0 amide bonds. The van der Waals surface area contributed by atoms with Gasteiger partial charge in [-0.3, -0.25) is 0 Å². The molecule has 4 heteroatoms. The van der Waals surface area contributed by atoms with Gasteiger partial charge in [-0.15, -0.1) is 0 Å². The molecular weight excluding hydrogens is 434 g/mol. The maximum atomic E-state index is 9.76. The molecule has 0 spiro atoms. The van der Waals surface area contributed by atoms with Gasteiger partial charge in [0.15, 0.2) is 0 Å². The molecule has 1 aliphatic rings. The van der Waals surface area contributed by atoms with Gasteiger partial charge in [0.25, 0.3) is 0 Å². The van der Waals surface area contributed by atoms with E-state index in [1.165, 1.54) is 12.8 Å². The number of rotatable bonds is 7. The molecule has 1 saturated carbocycles. The number of aliphatic hydroxyl groups is 1. The molecule has 188 valence electrons. The van der Waals surface area contributed by atoms with Gasteiger partial charge in [-0.1, -0.05) is 51.1 Å². The molecule has 0 radical (unpaired) electrons. The van der Waals surface area contributed by atoms with Gasteiger partial charge >= 0.3 is 0 Å². The van der Waals surface area contributed by atoms with E-state index in [0.29, 0.717) is 12.0 Å². The number of aliphatic hydroxyl groups excluding tert-OH is 1. The lowest BCUT2D eigenvalue weighted by atomic mass is 9.72. The summed E-state index contributed by atoms with van der Waals surface area (Å²) < 4.78 is 12.4. The van der Waals surface area contributed by atoms with E-state index >= 15 is 0 Å². The van der Waals surface area contributed by atoms with Crippen LogP contribution in [0.25, 0.3) is 21.9 Å². The minimum Gasteiger partial charge on any atom is -0.494 e. The van der Waals surface area contributed by atoms with Crippen molar-refractivity contribution in [2.75, 3.05) is 13.2 Å². The fourth-order valence-corrected chi connectivity index (χ4v) is 5.26. The van der Waals surface area contributed by atoms with Crippen LogP contribution in [0.5, 0.6) is 11.5 Å². The number of benzene rings is 3. The Balaban J connectivity index is 1.72. The zero-order valence-corrected chi connectivity index (χ0v) is 21.9. The second-order valence-electron chi connectivity index (χ2n) is 11.4. The molecule has 4 nitrogen and oxygen atoms in total. The molecule has 4 rings (SSSR count). The van der Waals surface area contributed by atoms with Gasteiger partial charge in [0, 0.05) is 5.56 Å². The van der Waals surface area contributed by atoms with Crippen LogP contribution in [0, 0.1) is 11.3 Å². The molecule has 0 aromatic heterocycles. The first-order chi connectivity index (χ1) is 16.6. The van der Waals surface area contributed by atoms with Crippen LogP contribution in [0.2, 0.25) is 0 Å². The number of hydrogen-bond acceptors (Lipinski definition) is 4. The zero-order chi connectivity index (χ0) is 25.2. The minimum absolute atomic E-state index is 0.108. The lowest BCUT2D eigenvalue weighted by Gasteiger charge is -2.37. The van der Waals surface area contributed by atoms with Crippen molar-refractivity contribution >= 4 is 10.8 Å². The molecule has 0 aliphatic heterocycles. The zero-order valence-electron chi connectivity index (χ0n) is 21.9. The summed E-state index contributed by atoms with van der Waals surface area (Å²) in [6, 6.07) is 18.7. The van der Waals surface area contributed by atoms with E-state index in [0.717, 1.165) is 57.7 Å². The van der Waals surface area contributed by atoms with E-state index in [1.807, 2.05) is 32.0 Å². The van der Waals surface area contributed by atoms with E-state index in [9.17, 15) is 5.11 Å². The highest BCUT2D eigenvalue weighted by atomic mass is 16.5. The van der Waals surface area contributed by atoms with Crippen molar-refractivity contribution in [2.45, 2.75) is 71.9 Å². The molecule has 1 fully saturated rings. The van der Waals surface area contributed by atoms with Gasteiger partial charge in [0.2, 0.25) is 0 Å². The molecule has 0 saturated heterocycles. The molecule has 0 bridgehead atoms. The normalized spacial score (nSPS) is 20.4. The first-order valence-electron chi connectivity index (χ1n) is 13.0. The molecule has 1 atom stereocenters. The average molecular weight is 476 g/mol. The van der Waals surface area contributed by atoms with E-state index < -0.39 is 5.54 Å². The van der Waals surface area contributed by atoms with Gasteiger partial charge < -0.3 is 20.3 Å². The molecule has 0 unspecified atom stereocenters. The fourth-order valence-electron chi connectivity index (χ4n) is 5.26. The first kappa shape index (κ1) is 25.5. The lowest BCUT2D eigenvalue weighted by molar-refractivity contribution is 0.0887. The van der Waals surface area contributed by atoms with Crippen molar-refractivity contribution in [3.63, 3.8) is 0 Å². The van der Waals surface area contributed by atoms with E-state index in [1.54, 1.807) is 0 Å². The van der Waals surface area contributed by atoms with E-state index in [2.05, 4.69) is 57.2 Å². The largest absolute Gasteiger partial charge is 0.494 e. The summed E-state index contributed by atoms with van der Waals surface area (Å²) in [5, 5.41) is 12.0. The van der Waals surface area contributed by atoms with Crippen molar-refractivity contribution in [2.24, 2.45) is 17.1 Å².